The largest absolute Gasteiger partial charge is 0.485 e. The molecule has 1 aliphatic rings. The number of benzene rings is 2. The lowest BCUT2D eigenvalue weighted by Crippen LogP contribution is -2.34. The molecule has 1 aliphatic heterocycles. The van der Waals surface area contributed by atoms with Gasteiger partial charge in [-0.1, -0.05) is 0 Å². The van der Waals surface area contributed by atoms with E-state index < -0.39 is 35.3 Å². The molecule has 1 N–H and O–H groups in total. The van der Waals surface area contributed by atoms with Crippen LogP contribution in [0.1, 0.15) is 15.9 Å². The Morgan fingerprint density at radius 2 is 1.83 bits per heavy atom. The van der Waals surface area contributed by atoms with Crippen molar-refractivity contribution in [2.45, 2.75) is 12.5 Å². The second-order valence-electron chi connectivity index (χ2n) is 5.15. The Bertz CT molecular complexity index is 779. The van der Waals surface area contributed by atoms with Gasteiger partial charge in [0.1, 0.15) is 23.6 Å². The number of hydrogen-bond acceptors (Lipinski definition) is 2. The van der Waals surface area contributed by atoms with Crippen molar-refractivity contribution in [1.29, 1.82) is 0 Å². The van der Waals surface area contributed by atoms with Crippen LogP contribution in [0.4, 0.5) is 17.6 Å². The van der Waals surface area contributed by atoms with E-state index >= 15 is 0 Å². The maximum absolute atomic E-state index is 13.5. The van der Waals surface area contributed by atoms with Crippen molar-refractivity contribution in [2.75, 3.05) is 6.54 Å². The number of halogens is 4. The summed E-state index contributed by atoms with van der Waals surface area (Å²) in [6, 6.07) is 4.49. The van der Waals surface area contributed by atoms with E-state index in [0.717, 1.165) is 12.1 Å². The number of ether oxygens (including phenoxy) is 1. The van der Waals surface area contributed by atoms with Crippen LogP contribution in [0.2, 0.25) is 0 Å². The monoisotopic (exact) mass is 325 g/mol. The summed E-state index contributed by atoms with van der Waals surface area (Å²) in [7, 11) is 0. The zero-order valence-corrected chi connectivity index (χ0v) is 11.7. The molecule has 0 bridgehead atoms. The second kappa shape index (κ2) is 5.91. The van der Waals surface area contributed by atoms with E-state index in [4.69, 9.17) is 4.74 Å². The van der Waals surface area contributed by atoms with Crippen LogP contribution in [0.3, 0.4) is 0 Å². The van der Waals surface area contributed by atoms with E-state index in [0.29, 0.717) is 17.7 Å². The summed E-state index contributed by atoms with van der Waals surface area (Å²) in [6.45, 7) is -0.0224. The van der Waals surface area contributed by atoms with E-state index in [1.54, 1.807) is 0 Å². The van der Waals surface area contributed by atoms with Gasteiger partial charge in [-0.2, -0.15) is 0 Å². The van der Waals surface area contributed by atoms with E-state index in [1.165, 1.54) is 6.07 Å². The lowest BCUT2D eigenvalue weighted by atomic mass is 10.1. The van der Waals surface area contributed by atoms with Crippen LogP contribution < -0.4 is 10.1 Å². The van der Waals surface area contributed by atoms with Crippen molar-refractivity contribution in [3.63, 3.8) is 0 Å². The predicted octanol–water partition coefficient (Wildman–Crippen LogP) is 2.98. The summed E-state index contributed by atoms with van der Waals surface area (Å²) in [5.74, 6) is -4.06. The van der Waals surface area contributed by atoms with Crippen molar-refractivity contribution in [3.05, 3.63) is 64.7 Å². The summed E-state index contributed by atoms with van der Waals surface area (Å²) >= 11 is 0. The number of fused-ring (bicyclic) bond motifs is 1. The Labute approximate surface area is 128 Å². The van der Waals surface area contributed by atoms with E-state index in [2.05, 4.69) is 5.32 Å². The number of carbonyl (C=O) groups excluding carboxylic acids is 1. The van der Waals surface area contributed by atoms with Gasteiger partial charge in [0.15, 0.2) is 11.6 Å². The highest BCUT2D eigenvalue weighted by molar-refractivity contribution is 5.94. The van der Waals surface area contributed by atoms with Crippen LogP contribution in [0.5, 0.6) is 5.75 Å². The van der Waals surface area contributed by atoms with Gasteiger partial charge in [0.05, 0.1) is 12.1 Å². The van der Waals surface area contributed by atoms with Crippen LogP contribution in [0.15, 0.2) is 30.3 Å². The molecule has 3 nitrogen and oxygen atoms in total. The van der Waals surface area contributed by atoms with E-state index in [9.17, 15) is 22.4 Å². The molecule has 2 aromatic carbocycles. The zero-order valence-electron chi connectivity index (χ0n) is 11.7. The van der Waals surface area contributed by atoms with Crippen LogP contribution >= 0.6 is 0 Å². The number of hydrogen-bond donors (Lipinski definition) is 1. The normalized spacial score (nSPS) is 15.9. The third-order valence-corrected chi connectivity index (χ3v) is 3.48. The van der Waals surface area contributed by atoms with Gasteiger partial charge in [-0.15, -0.1) is 0 Å². The van der Waals surface area contributed by atoms with Crippen LogP contribution in [-0.4, -0.2) is 18.6 Å². The molecule has 1 unspecified atom stereocenters. The average molecular weight is 325 g/mol. The Balaban J connectivity index is 1.64. The van der Waals surface area contributed by atoms with Gasteiger partial charge in [0.25, 0.3) is 5.91 Å². The third kappa shape index (κ3) is 3.13. The quantitative estimate of drug-likeness (QED) is 0.881. The Hall–Kier alpha value is -2.57. The molecule has 3 rings (SSSR count). The Morgan fingerprint density at radius 3 is 2.57 bits per heavy atom. The number of carbonyl (C=O) groups is 1. The van der Waals surface area contributed by atoms with Gasteiger partial charge in [-0.25, -0.2) is 17.6 Å². The molecule has 0 fully saturated rings. The van der Waals surface area contributed by atoms with Gasteiger partial charge < -0.3 is 10.1 Å². The van der Waals surface area contributed by atoms with Gasteiger partial charge >= 0.3 is 0 Å². The van der Waals surface area contributed by atoms with Crippen LogP contribution in [0.25, 0.3) is 0 Å². The minimum absolute atomic E-state index is 0.0224. The first kappa shape index (κ1) is 15.3. The van der Waals surface area contributed by atoms with Crippen molar-refractivity contribution in [2.24, 2.45) is 0 Å². The van der Waals surface area contributed by atoms with Crippen LogP contribution in [0, 0.1) is 23.3 Å². The standard InChI is InChI=1S/C16H11F4NO2/c17-9-1-2-12(13(19)5-9)16(22)21-7-11-4-8-3-10(18)6-14(20)15(8)23-11/h1-3,5-6,11H,4,7H2,(H,21,22). The van der Waals surface area contributed by atoms with Crippen molar-refractivity contribution in [3.8, 4) is 5.75 Å². The molecule has 2 aromatic rings. The summed E-state index contributed by atoms with van der Waals surface area (Å²) in [4.78, 5) is 11.9. The molecule has 23 heavy (non-hydrogen) atoms. The second-order valence-corrected chi connectivity index (χ2v) is 5.15. The van der Waals surface area contributed by atoms with Crippen molar-refractivity contribution >= 4 is 5.91 Å². The molecule has 120 valence electrons. The fraction of sp³-hybridized carbons (Fsp3) is 0.188. The lowest BCUT2D eigenvalue weighted by molar-refractivity contribution is 0.0928. The molecule has 0 saturated carbocycles. The molecule has 7 heteroatoms. The molecule has 0 radical (unpaired) electrons. The Morgan fingerprint density at radius 1 is 1.09 bits per heavy atom. The first-order valence-electron chi connectivity index (χ1n) is 6.82. The summed E-state index contributed by atoms with van der Waals surface area (Å²) < 4.78 is 58.3. The molecule has 1 heterocycles. The zero-order chi connectivity index (χ0) is 16.6. The molecule has 0 spiro atoms. The summed E-state index contributed by atoms with van der Waals surface area (Å²) in [5.41, 5.74) is 0.0637. The first-order chi connectivity index (χ1) is 10.9. The minimum Gasteiger partial charge on any atom is -0.485 e. The maximum atomic E-state index is 13.5. The fourth-order valence-electron chi connectivity index (χ4n) is 2.44. The van der Waals surface area contributed by atoms with Gasteiger partial charge in [0, 0.05) is 24.1 Å². The molecule has 1 atom stereocenters. The number of rotatable bonds is 3. The molecular weight excluding hydrogens is 314 g/mol. The molecule has 0 aromatic heterocycles. The highest BCUT2D eigenvalue weighted by Gasteiger charge is 2.27. The molecule has 0 saturated heterocycles. The number of nitrogens with one attached hydrogen (secondary N) is 1. The highest BCUT2D eigenvalue weighted by atomic mass is 19.1. The van der Waals surface area contributed by atoms with E-state index in [-0.39, 0.29) is 24.3 Å². The van der Waals surface area contributed by atoms with Crippen molar-refractivity contribution in [1.82, 2.24) is 5.32 Å². The highest BCUT2D eigenvalue weighted by Crippen LogP contribution is 2.32. The smallest absolute Gasteiger partial charge is 0.254 e. The summed E-state index contributed by atoms with van der Waals surface area (Å²) in [5, 5.41) is 2.43. The fourth-order valence-corrected chi connectivity index (χ4v) is 2.44. The SMILES string of the molecule is O=C(NCC1Cc2cc(F)cc(F)c2O1)c1ccc(F)cc1F. The average Bonchev–Trinajstić information content (AvgIpc) is 2.88. The Kier molecular flexibility index (Phi) is 3.94. The molecule has 1 amide bonds. The van der Waals surface area contributed by atoms with Gasteiger partial charge in [-0.05, 0) is 18.2 Å². The lowest BCUT2D eigenvalue weighted by Gasteiger charge is -2.12. The first-order valence-corrected chi connectivity index (χ1v) is 6.82. The molecule has 0 aliphatic carbocycles. The summed E-state index contributed by atoms with van der Waals surface area (Å²) in [6.07, 6.45) is -0.371. The predicted molar refractivity (Wildman–Crippen MR) is 73.2 cm³/mol. The third-order valence-electron chi connectivity index (χ3n) is 3.48. The van der Waals surface area contributed by atoms with Crippen LogP contribution in [-0.2, 0) is 6.42 Å². The minimum atomic E-state index is -0.980. The molecular formula is C16H11F4NO2. The van der Waals surface area contributed by atoms with Crippen molar-refractivity contribution < 1.29 is 27.1 Å². The van der Waals surface area contributed by atoms with E-state index in [1.807, 2.05) is 0 Å². The van der Waals surface area contributed by atoms with Gasteiger partial charge in [0.2, 0.25) is 0 Å². The topological polar surface area (TPSA) is 38.3 Å². The van der Waals surface area contributed by atoms with Gasteiger partial charge in [-0.3, -0.25) is 4.79 Å². The maximum Gasteiger partial charge on any atom is 0.254 e. The number of amides is 1.